The number of amides is 1. The van der Waals surface area contributed by atoms with Crippen molar-refractivity contribution in [2.75, 3.05) is 6.79 Å². The standard InChI is InChI=1S/C15H11N3O5/c19-15(10-5-6-13-14(7-10)23-9-22-13)17-16-8-11-3-1-2-4-12(11)18(20)21/h1-8H,9H2,(H,17,19)/b16-8+. The molecule has 8 heteroatoms. The summed E-state index contributed by atoms with van der Waals surface area (Å²) in [5.41, 5.74) is 2.86. The molecule has 1 aliphatic heterocycles. The van der Waals surface area contributed by atoms with Crippen LogP contribution in [0.25, 0.3) is 0 Å². The van der Waals surface area contributed by atoms with Gasteiger partial charge in [-0.15, -0.1) is 0 Å². The highest BCUT2D eigenvalue weighted by Gasteiger charge is 2.16. The smallest absolute Gasteiger partial charge is 0.278 e. The number of nitrogens with one attached hydrogen (secondary N) is 1. The first kappa shape index (κ1) is 14.5. The fourth-order valence-electron chi connectivity index (χ4n) is 2.03. The van der Waals surface area contributed by atoms with Crippen LogP contribution in [0.1, 0.15) is 15.9 Å². The molecule has 8 nitrogen and oxygen atoms in total. The number of fused-ring (bicyclic) bond motifs is 1. The molecule has 116 valence electrons. The van der Waals surface area contributed by atoms with Gasteiger partial charge in [0.25, 0.3) is 11.6 Å². The van der Waals surface area contributed by atoms with Crippen molar-refractivity contribution in [1.82, 2.24) is 5.43 Å². The lowest BCUT2D eigenvalue weighted by Gasteiger charge is -2.01. The Labute approximate surface area is 130 Å². The highest BCUT2D eigenvalue weighted by atomic mass is 16.7. The van der Waals surface area contributed by atoms with Crippen molar-refractivity contribution in [3.8, 4) is 11.5 Å². The van der Waals surface area contributed by atoms with Crippen LogP contribution in [0.2, 0.25) is 0 Å². The number of hydrazone groups is 1. The van der Waals surface area contributed by atoms with E-state index < -0.39 is 10.8 Å². The molecule has 0 saturated carbocycles. The number of benzene rings is 2. The second kappa shape index (κ2) is 6.14. The minimum Gasteiger partial charge on any atom is -0.454 e. The molecule has 0 bridgehead atoms. The molecule has 1 N–H and O–H groups in total. The average molecular weight is 313 g/mol. The molecule has 0 unspecified atom stereocenters. The zero-order valence-corrected chi connectivity index (χ0v) is 11.8. The van der Waals surface area contributed by atoms with E-state index in [0.29, 0.717) is 22.6 Å². The highest BCUT2D eigenvalue weighted by molar-refractivity contribution is 5.95. The van der Waals surface area contributed by atoms with Gasteiger partial charge in [-0.25, -0.2) is 5.43 Å². The number of rotatable bonds is 4. The minimum absolute atomic E-state index is 0.0893. The van der Waals surface area contributed by atoms with Crippen LogP contribution in [-0.2, 0) is 0 Å². The van der Waals surface area contributed by atoms with Crippen LogP contribution >= 0.6 is 0 Å². The lowest BCUT2D eigenvalue weighted by Crippen LogP contribution is -2.17. The van der Waals surface area contributed by atoms with Crippen LogP contribution in [0, 0.1) is 10.1 Å². The number of hydrogen-bond donors (Lipinski definition) is 1. The fraction of sp³-hybridized carbons (Fsp3) is 0.0667. The molecule has 2 aromatic carbocycles. The molecular formula is C15H11N3O5. The van der Waals surface area contributed by atoms with Crippen molar-refractivity contribution < 1.29 is 19.2 Å². The topological polar surface area (TPSA) is 103 Å². The molecule has 2 aromatic rings. The summed E-state index contributed by atoms with van der Waals surface area (Å²) in [4.78, 5) is 22.4. The number of nitro groups is 1. The molecule has 1 aliphatic rings. The van der Waals surface area contributed by atoms with Crippen LogP contribution < -0.4 is 14.9 Å². The average Bonchev–Trinajstić information content (AvgIpc) is 3.02. The van der Waals surface area contributed by atoms with E-state index in [-0.39, 0.29) is 12.5 Å². The van der Waals surface area contributed by atoms with Gasteiger partial charge in [0.1, 0.15) is 0 Å². The van der Waals surface area contributed by atoms with Crippen LogP contribution in [0.4, 0.5) is 5.69 Å². The number of ether oxygens (including phenoxy) is 2. The Bertz CT molecular complexity index is 803. The number of carbonyl (C=O) groups is 1. The second-order valence-corrected chi connectivity index (χ2v) is 4.58. The van der Waals surface area contributed by atoms with Gasteiger partial charge >= 0.3 is 0 Å². The van der Waals surface area contributed by atoms with E-state index in [1.54, 1.807) is 24.3 Å². The molecule has 0 saturated heterocycles. The summed E-state index contributed by atoms with van der Waals surface area (Å²) in [5.74, 6) is 0.600. The van der Waals surface area contributed by atoms with Crippen molar-refractivity contribution in [3.63, 3.8) is 0 Å². The number of para-hydroxylation sites is 1. The van der Waals surface area contributed by atoms with E-state index in [1.807, 2.05) is 0 Å². The third-order valence-electron chi connectivity index (χ3n) is 3.14. The van der Waals surface area contributed by atoms with E-state index >= 15 is 0 Å². The summed E-state index contributed by atoms with van der Waals surface area (Å²) in [5, 5.41) is 14.6. The third-order valence-corrected chi connectivity index (χ3v) is 3.14. The molecular weight excluding hydrogens is 302 g/mol. The van der Waals surface area contributed by atoms with Crippen LogP contribution in [0.15, 0.2) is 47.6 Å². The van der Waals surface area contributed by atoms with Gasteiger partial charge in [0, 0.05) is 11.6 Å². The van der Waals surface area contributed by atoms with Gasteiger partial charge in [-0.05, 0) is 24.3 Å². The summed E-state index contributed by atoms with van der Waals surface area (Å²) in [6.45, 7) is 0.121. The molecule has 1 amide bonds. The lowest BCUT2D eigenvalue weighted by atomic mass is 10.2. The third kappa shape index (κ3) is 3.10. The van der Waals surface area contributed by atoms with Crippen molar-refractivity contribution in [2.45, 2.75) is 0 Å². The predicted molar refractivity (Wildman–Crippen MR) is 80.7 cm³/mol. The van der Waals surface area contributed by atoms with Crippen LogP contribution in [0.5, 0.6) is 11.5 Å². The van der Waals surface area contributed by atoms with Gasteiger partial charge in [-0.2, -0.15) is 5.10 Å². The quantitative estimate of drug-likeness (QED) is 0.529. The maximum Gasteiger partial charge on any atom is 0.278 e. The van der Waals surface area contributed by atoms with E-state index in [1.165, 1.54) is 24.4 Å². The zero-order chi connectivity index (χ0) is 16.2. The van der Waals surface area contributed by atoms with Gasteiger partial charge in [-0.3, -0.25) is 14.9 Å². The maximum absolute atomic E-state index is 12.0. The normalized spacial score (nSPS) is 12.3. The highest BCUT2D eigenvalue weighted by Crippen LogP contribution is 2.32. The molecule has 0 radical (unpaired) electrons. The summed E-state index contributed by atoms with van der Waals surface area (Å²) < 4.78 is 10.3. The van der Waals surface area contributed by atoms with Gasteiger partial charge in [0.15, 0.2) is 11.5 Å². The molecule has 1 heterocycles. The van der Waals surface area contributed by atoms with Crippen LogP contribution in [-0.4, -0.2) is 23.8 Å². The molecule has 0 aromatic heterocycles. The SMILES string of the molecule is O=C(N/N=C/c1ccccc1[N+](=O)[O-])c1ccc2c(c1)OCO2. The number of nitro benzene ring substituents is 1. The first-order valence-corrected chi connectivity index (χ1v) is 6.61. The largest absolute Gasteiger partial charge is 0.454 e. The molecule has 0 fully saturated rings. The van der Waals surface area contributed by atoms with Crippen molar-refractivity contribution in [1.29, 1.82) is 0 Å². The van der Waals surface area contributed by atoms with E-state index in [0.717, 1.165) is 0 Å². The minimum atomic E-state index is -0.513. The first-order valence-electron chi connectivity index (χ1n) is 6.61. The van der Waals surface area contributed by atoms with Gasteiger partial charge in [-0.1, -0.05) is 12.1 Å². The first-order chi connectivity index (χ1) is 11.1. The van der Waals surface area contributed by atoms with E-state index in [2.05, 4.69) is 10.5 Å². The zero-order valence-electron chi connectivity index (χ0n) is 11.8. The van der Waals surface area contributed by atoms with Crippen molar-refractivity contribution in [3.05, 3.63) is 63.7 Å². The van der Waals surface area contributed by atoms with Gasteiger partial charge < -0.3 is 9.47 Å². The molecule has 0 atom stereocenters. The fourth-order valence-corrected chi connectivity index (χ4v) is 2.03. The lowest BCUT2D eigenvalue weighted by molar-refractivity contribution is -0.385. The summed E-state index contributed by atoms with van der Waals surface area (Å²) >= 11 is 0. The Balaban J connectivity index is 1.71. The van der Waals surface area contributed by atoms with E-state index in [4.69, 9.17) is 9.47 Å². The van der Waals surface area contributed by atoms with Crippen LogP contribution in [0.3, 0.4) is 0 Å². The monoisotopic (exact) mass is 313 g/mol. The molecule has 3 rings (SSSR count). The number of hydrogen-bond acceptors (Lipinski definition) is 6. The molecule has 23 heavy (non-hydrogen) atoms. The summed E-state index contributed by atoms with van der Waals surface area (Å²) in [7, 11) is 0. The summed E-state index contributed by atoms with van der Waals surface area (Å²) in [6, 6.07) is 10.8. The summed E-state index contributed by atoms with van der Waals surface area (Å²) in [6.07, 6.45) is 1.23. The predicted octanol–water partition coefficient (Wildman–Crippen LogP) is 2.09. The van der Waals surface area contributed by atoms with Crippen molar-refractivity contribution >= 4 is 17.8 Å². The number of carbonyl (C=O) groups excluding carboxylic acids is 1. The Kier molecular flexibility index (Phi) is 3.88. The number of nitrogens with zero attached hydrogens (tertiary/aromatic N) is 2. The second-order valence-electron chi connectivity index (χ2n) is 4.58. The van der Waals surface area contributed by atoms with Gasteiger partial charge in [0.05, 0.1) is 16.7 Å². The maximum atomic E-state index is 12.0. The Morgan fingerprint density at radius 2 is 2.00 bits per heavy atom. The van der Waals surface area contributed by atoms with Crippen molar-refractivity contribution in [2.24, 2.45) is 5.10 Å². The Hall–Kier alpha value is -3.42. The molecule has 0 spiro atoms. The Morgan fingerprint density at radius 3 is 2.83 bits per heavy atom. The van der Waals surface area contributed by atoms with Gasteiger partial charge in [0.2, 0.25) is 6.79 Å². The van der Waals surface area contributed by atoms with E-state index in [9.17, 15) is 14.9 Å². The Morgan fingerprint density at radius 1 is 1.22 bits per heavy atom. The molecule has 0 aliphatic carbocycles.